The number of hydrogen-bond donors (Lipinski definition) is 0. The first-order valence-electron chi connectivity index (χ1n) is 9.25. The van der Waals surface area contributed by atoms with Crippen molar-refractivity contribution in [2.45, 2.75) is 59.1 Å². The highest BCUT2D eigenvalue weighted by atomic mass is 32.1. The molecule has 0 radical (unpaired) electrons. The number of carbonyl (C=O) groups excluding carboxylic acids is 2. The van der Waals surface area contributed by atoms with Crippen LogP contribution in [0.1, 0.15) is 54.8 Å². The molecule has 0 N–H and O–H groups in total. The Bertz CT molecular complexity index is 917. The standard InChI is InChI=1S/C19H24N2O5S/c1-4-25-19(24)16-12(3)15-17(27-16)20-10-21(18(15)23)9-14(22)26-13-7-5-6-11(2)8-13/h10-11,13H,4-9H2,1-3H3/t11-,13-/m0/s1. The Labute approximate surface area is 161 Å². The molecule has 27 heavy (non-hydrogen) atoms. The lowest BCUT2D eigenvalue weighted by molar-refractivity contribution is -0.152. The average molecular weight is 392 g/mol. The summed E-state index contributed by atoms with van der Waals surface area (Å²) >= 11 is 1.13. The number of carbonyl (C=O) groups is 2. The number of aromatic nitrogens is 2. The van der Waals surface area contributed by atoms with E-state index in [1.165, 1.54) is 10.9 Å². The second kappa shape index (κ2) is 8.21. The normalized spacial score (nSPS) is 19.8. The molecule has 0 saturated heterocycles. The SMILES string of the molecule is CCOC(=O)c1sc2ncn(CC(=O)O[C@H]3CCC[C@H](C)C3)c(=O)c2c1C. The van der Waals surface area contributed by atoms with Crippen molar-refractivity contribution in [3.63, 3.8) is 0 Å². The van der Waals surface area contributed by atoms with Crippen molar-refractivity contribution < 1.29 is 19.1 Å². The molecule has 2 heterocycles. The van der Waals surface area contributed by atoms with Gasteiger partial charge in [-0.2, -0.15) is 0 Å². The summed E-state index contributed by atoms with van der Waals surface area (Å²) in [6.45, 7) is 5.65. The molecular weight excluding hydrogens is 368 g/mol. The van der Waals surface area contributed by atoms with E-state index in [-0.39, 0.29) is 24.8 Å². The first kappa shape index (κ1) is 19.5. The molecule has 146 valence electrons. The molecule has 1 aliphatic carbocycles. The van der Waals surface area contributed by atoms with Crippen LogP contribution in [0.4, 0.5) is 0 Å². The lowest BCUT2D eigenvalue weighted by Crippen LogP contribution is -2.30. The molecule has 0 amide bonds. The zero-order valence-corrected chi connectivity index (χ0v) is 16.6. The van der Waals surface area contributed by atoms with Gasteiger partial charge >= 0.3 is 11.9 Å². The Kier molecular flexibility index (Phi) is 5.94. The van der Waals surface area contributed by atoms with Gasteiger partial charge in [0.25, 0.3) is 5.56 Å². The van der Waals surface area contributed by atoms with Crippen molar-refractivity contribution in [1.29, 1.82) is 0 Å². The zero-order chi connectivity index (χ0) is 19.6. The summed E-state index contributed by atoms with van der Waals surface area (Å²) in [4.78, 5) is 42.2. The highest BCUT2D eigenvalue weighted by molar-refractivity contribution is 7.20. The molecule has 0 aromatic carbocycles. The zero-order valence-electron chi connectivity index (χ0n) is 15.8. The van der Waals surface area contributed by atoms with Crippen LogP contribution in [0.3, 0.4) is 0 Å². The van der Waals surface area contributed by atoms with Gasteiger partial charge in [-0.05, 0) is 44.6 Å². The Balaban J connectivity index is 1.80. The van der Waals surface area contributed by atoms with E-state index in [1.807, 2.05) is 0 Å². The third-order valence-corrected chi connectivity index (χ3v) is 6.04. The maximum Gasteiger partial charge on any atom is 0.348 e. The number of rotatable bonds is 5. The molecule has 2 atom stereocenters. The van der Waals surface area contributed by atoms with Crippen LogP contribution in [0.15, 0.2) is 11.1 Å². The minimum absolute atomic E-state index is 0.0769. The largest absolute Gasteiger partial charge is 0.462 e. The summed E-state index contributed by atoms with van der Waals surface area (Å²) in [6, 6.07) is 0. The lowest BCUT2D eigenvalue weighted by Gasteiger charge is -2.26. The molecule has 3 rings (SSSR count). The van der Waals surface area contributed by atoms with Gasteiger partial charge in [0.15, 0.2) is 0 Å². The molecular formula is C19H24N2O5S. The number of aryl methyl sites for hydroxylation is 1. The van der Waals surface area contributed by atoms with Crippen LogP contribution in [-0.2, 0) is 20.8 Å². The van der Waals surface area contributed by atoms with Gasteiger partial charge in [-0.3, -0.25) is 14.2 Å². The van der Waals surface area contributed by atoms with E-state index in [1.54, 1.807) is 13.8 Å². The van der Waals surface area contributed by atoms with Gasteiger partial charge in [0.2, 0.25) is 0 Å². The van der Waals surface area contributed by atoms with Crippen molar-refractivity contribution >= 4 is 33.5 Å². The monoisotopic (exact) mass is 392 g/mol. The second-order valence-corrected chi connectivity index (χ2v) is 8.02. The fourth-order valence-corrected chi connectivity index (χ4v) is 4.54. The molecule has 0 unspecified atom stereocenters. The molecule has 8 heteroatoms. The van der Waals surface area contributed by atoms with E-state index < -0.39 is 11.9 Å². The van der Waals surface area contributed by atoms with E-state index in [2.05, 4.69) is 11.9 Å². The number of nitrogens with zero attached hydrogens (tertiary/aromatic N) is 2. The third kappa shape index (κ3) is 4.21. The summed E-state index contributed by atoms with van der Waals surface area (Å²) in [5.41, 5.74) is 0.188. The molecule has 0 aliphatic heterocycles. The lowest BCUT2D eigenvalue weighted by atomic mass is 9.89. The van der Waals surface area contributed by atoms with Crippen LogP contribution in [0, 0.1) is 12.8 Å². The van der Waals surface area contributed by atoms with Gasteiger partial charge in [0.1, 0.15) is 22.4 Å². The van der Waals surface area contributed by atoms with E-state index in [9.17, 15) is 14.4 Å². The van der Waals surface area contributed by atoms with E-state index in [0.29, 0.717) is 26.6 Å². The first-order valence-corrected chi connectivity index (χ1v) is 10.1. The molecule has 0 spiro atoms. The average Bonchev–Trinajstić information content (AvgIpc) is 2.95. The Hall–Kier alpha value is -2.22. The first-order chi connectivity index (χ1) is 12.9. The maximum atomic E-state index is 12.8. The van der Waals surface area contributed by atoms with Crippen molar-refractivity contribution in [3.05, 3.63) is 27.1 Å². The van der Waals surface area contributed by atoms with E-state index in [0.717, 1.165) is 37.0 Å². The number of fused-ring (bicyclic) bond motifs is 1. The van der Waals surface area contributed by atoms with E-state index in [4.69, 9.17) is 9.47 Å². The molecule has 0 bridgehead atoms. The Morgan fingerprint density at radius 3 is 2.85 bits per heavy atom. The van der Waals surface area contributed by atoms with Gasteiger partial charge < -0.3 is 9.47 Å². The van der Waals surface area contributed by atoms with Crippen LogP contribution in [0.25, 0.3) is 10.2 Å². The van der Waals surface area contributed by atoms with Gasteiger partial charge in [-0.25, -0.2) is 9.78 Å². The quantitative estimate of drug-likeness (QED) is 0.727. The predicted molar refractivity (Wildman–Crippen MR) is 102 cm³/mol. The minimum Gasteiger partial charge on any atom is -0.462 e. The van der Waals surface area contributed by atoms with Crippen LogP contribution < -0.4 is 5.56 Å². The van der Waals surface area contributed by atoms with Gasteiger partial charge in [-0.15, -0.1) is 11.3 Å². The van der Waals surface area contributed by atoms with Gasteiger partial charge in [0, 0.05) is 0 Å². The fourth-order valence-electron chi connectivity index (χ4n) is 3.51. The summed E-state index contributed by atoms with van der Waals surface area (Å²) in [5, 5.41) is 0.352. The van der Waals surface area contributed by atoms with Crippen molar-refractivity contribution in [1.82, 2.24) is 9.55 Å². The third-order valence-electron chi connectivity index (χ3n) is 4.86. The van der Waals surface area contributed by atoms with Crippen LogP contribution in [0.5, 0.6) is 0 Å². The number of esters is 2. The molecule has 2 aromatic heterocycles. The molecule has 1 aliphatic rings. The van der Waals surface area contributed by atoms with Crippen LogP contribution in [0.2, 0.25) is 0 Å². The van der Waals surface area contributed by atoms with Crippen LogP contribution in [-0.4, -0.2) is 34.2 Å². The fraction of sp³-hybridized carbons (Fsp3) is 0.579. The Morgan fingerprint density at radius 1 is 1.37 bits per heavy atom. The van der Waals surface area contributed by atoms with Gasteiger partial charge in [-0.1, -0.05) is 13.3 Å². The van der Waals surface area contributed by atoms with E-state index >= 15 is 0 Å². The van der Waals surface area contributed by atoms with Crippen molar-refractivity contribution in [2.24, 2.45) is 5.92 Å². The van der Waals surface area contributed by atoms with Gasteiger partial charge in [0.05, 0.1) is 18.3 Å². The highest BCUT2D eigenvalue weighted by Crippen LogP contribution is 2.28. The number of thiophene rings is 1. The van der Waals surface area contributed by atoms with Crippen molar-refractivity contribution in [2.75, 3.05) is 6.61 Å². The molecule has 7 nitrogen and oxygen atoms in total. The minimum atomic E-state index is -0.463. The maximum absolute atomic E-state index is 12.8. The van der Waals surface area contributed by atoms with Crippen LogP contribution >= 0.6 is 11.3 Å². The molecule has 1 saturated carbocycles. The summed E-state index contributed by atoms with van der Waals surface area (Å²) in [6.07, 6.45) is 5.21. The second-order valence-electron chi connectivity index (χ2n) is 7.02. The molecule has 2 aromatic rings. The smallest absolute Gasteiger partial charge is 0.348 e. The summed E-state index contributed by atoms with van der Waals surface area (Å²) in [7, 11) is 0. The summed E-state index contributed by atoms with van der Waals surface area (Å²) < 4.78 is 11.8. The number of hydrogen-bond acceptors (Lipinski definition) is 7. The topological polar surface area (TPSA) is 87.5 Å². The number of ether oxygens (including phenoxy) is 2. The molecule has 1 fully saturated rings. The predicted octanol–water partition coefficient (Wildman–Crippen LogP) is 3.07. The summed E-state index contributed by atoms with van der Waals surface area (Å²) in [5.74, 6) is -0.349. The van der Waals surface area contributed by atoms with Crippen molar-refractivity contribution in [3.8, 4) is 0 Å². The Morgan fingerprint density at radius 2 is 2.15 bits per heavy atom. The highest BCUT2D eigenvalue weighted by Gasteiger charge is 2.24.